The van der Waals surface area contributed by atoms with E-state index in [-0.39, 0.29) is 34.0 Å². The number of hydrazine groups is 1. The van der Waals surface area contributed by atoms with Crippen molar-refractivity contribution in [2.24, 2.45) is 0 Å². The van der Waals surface area contributed by atoms with Crippen LogP contribution in [-0.2, 0) is 0 Å². The van der Waals surface area contributed by atoms with E-state index in [1.165, 1.54) is 17.4 Å². The minimum Gasteiger partial charge on any atom is -0.347 e. The van der Waals surface area contributed by atoms with Gasteiger partial charge in [0.1, 0.15) is 11.4 Å². The van der Waals surface area contributed by atoms with Gasteiger partial charge in [-0.15, -0.1) is 11.3 Å². The topological polar surface area (TPSA) is 96.3 Å². The molecule has 0 radical (unpaired) electrons. The normalized spacial score (nSPS) is 16.7. The van der Waals surface area contributed by atoms with E-state index in [9.17, 15) is 18.8 Å². The first-order valence-corrected chi connectivity index (χ1v) is 13.8. The number of amides is 2. The van der Waals surface area contributed by atoms with E-state index in [0.29, 0.717) is 47.0 Å². The molecule has 0 bridgehead atoms. The Labute approximate surface area is 230 Å². The lowest BCUT2D eigenvalue weighted by atomic mass is 10.1. The fourth-order valence-corrected chi connectivity index (χ4v) is 5.92. The Morgan fingerprint density at radius 1 is 1.05 bits per heavy atom. The van der Waals surface area contributed by atoms with E-state index < -0.39 is 17.2 Å². The van der Waals surface area contributed by atoms with Crippen molar-refractivity contribution < 1.29 is 14.0 Å². The molecular weight excluding hydrogens is 552 g/mol. The largest absolute Gasteiger partial charge is 0.347 e. The molecule has 1 saturated heterocycles. The second kappa shape index (κ2) is 9.92. The summed E-state index contributed by atoms with van der Waals surface area (Å²) in [6.45, 7) is 0.974. The summed E-state index contributed by atoms with van der Waals surface area (Å²) in [5.41, 5.74) is 3.43. The first-order chi connectivity index (χ1) is 18.3. The summed E-state index contributed by atoms with van der Waals surface area (Å²) < 4.78 is 16.9. The number of rotatable bonds is 5. The molecule has 2 fully saturated rings. The van der Waals surface area contributed by atoms with Crippen molar-refractivity contribution in [3.8, 4) is 0 Å². The van der Waals surface area contributed by atoms with Crippen LogP contribution in [0.1, 0.15) is 51.9 Å². The molecule has 3 heterocycles. The number of halogens is 3. The monoisotopic (exact) mass is 573 g/mol. The van der Waals surface area contributed by atoms with Gasteiger partial charge in [-0.3, -0.25) is 19.8 Å². The molecule has 1 aliphatic carbocycles. The predicted octanol–water partition coefficient (Wildman–Crippen LogP) is 4.93. The second-order valence-electron chi connectivity index (χ2n) is 9.60. The molecule has 8 nitrogen and oxygen atoms in total. The summed E-state index contributed by atoms with van der Waals surface area (Å²) in [4.78, 5) is 43.3. The Kier molecular flexibility index (Phi) is 6.59. The van der Waals surface area contributed by atoms with E-state index >= 15 is 0 Å². The maximum Gasteiger partial charge on any atom is 0.280 e. The third-order valence-electron chi connectivity index (χ3n) is 6.89. The number of fused-ring (bicyclic) bond motifs is 2. The maximum absolute atomic E-state index is 14.2. The number of nitrogens with zero attached hydrogens (tertiary/aromatic N) is 3. The average Bonchev–Trinajstić information content (AvgIpc) is 3.64. The lowest BCUT2D eigenvalue weighted by molar-refractivity contribution is 0.0700. The van der Waals surface area contributed by atoms with Crippen molar-refractivity contribution in [3.63, 3.8) is 0 Å². The molecular formula is C26H22Cl2FN5O3S. The molecule has 2 aromatic heterocycles. The quantitative estimate of drug-likeness (QED) is 0.353. The highest BCUT2D eigenvalue weighted by Gasteiger charge is 2.29. The Morgan fingerprint density at radius 3 is 2.55 bits per heavy atom. The molecule has 1 aliphatic heterocycles. The van der Waals surface area contributed by atoms with Gasteiger partial charge in [-0.25, -0.2) is 14.4 Å². The summed E-state index contributed by atoms with van der Waals surface area (Å²) in [6.07, 6.45) is 4.59. The zero-order valence-electron chi connectivity index (χ0n) is 20.0. The molecule has 0 spiro atoms. The summed E-state index contributed by atoms with van der Waals surface area (Å²) in [7, 11) is 0. The Hall–Kier alpha value is -3.05. The number of nitrogens with one attached hydrogen (secondary N) is 2. The van der Waals surface area contributed by atoms with Crippen molar-refractivity contribution >= 4 is 67.5 Å². The van der Waals surface area contributed by atoms with Crippen LogP contribution in [-0.4, -0.2) is 45.5 Å². The number of aromatic nitrogens is 2. The third kappa shape index (κ3) is 4.89. The van der Waals surface area contributed by atoms with Crippen molar-refractivity contribution in [1.29, 1.82) is 0 Å². The highest BCUT2D eigenvalue weighted by atomic mass is 35.5. The first-order valence-electron chi connectivity index (χ1n) is 12.2. The second-order valence-corrected chi connectivity index (χ2v) is 11.5. The number of pyridine rings is 1. The first kappa shape index (κ1) is 25.2. The van der Waals surface area contributed by atoms with Gasteiger partial charge in [-0.05, 0) is 56.0 Å². The number of thiazole rings is 1. The van der Waals surface area contributed by atoms with Crippen molar-refractivity contribution in [1.82, 2.24) is 25.3 Å². The standard InChI is InChI=1S/C26H22Cl2FN5O3S/c27-13-1-4-22-20(9-13)31-26(38-22)25(37)30-14-5-7-33(8-6-14)32-24(36)17-12-34(15-2-3-15)21-11-18(28)19(29)10-16(21)23(17)35/h1,4,9-12,14-15H,2-3,5-8H2,(H,30,37)(H,32,36). The molecule has 4 aromatic rings. The van der Waals surface area contributed by atoms with E-state index in [1.807, 2.05) is 10.6 Å². The molecule has 2 aliphatic rings. The van der Waals surface area contributed by atoms with Gasteiger partial charge in [0, 0.05) is 41.8 Å². The summed E-state index contributed by atoms with van der Waals surface area (Å²) in [5, 5.41) is 5.76. The molecule has 2 N–H and O–H groups in total. The highest BCUT2D eigenvalue weighted by molar-refractivity contribution is 7.20. The summed E-state index contributed by atoms with van der Waals surface area (Å²) >= 11 is 13.3. The molecule has 2 aromatic carbocycles. The van der Waals surface area contributed by atoms with Gasteiger partial charge in [0.25, 0.3) is 11.8 Å². The number of carbonyl (C=O) groups is 2. The summed E-state index contributed by atoms with van der Waals surface area (Å²) in [6, 6.07) is 7.95. The highest BCUT2D eigenvalue weighted by Crippen LogP contribution is 2.37. The molecule has 12 heteroatoms. The van der Waals surface area contributed by atoms with Crippen molar-refractivity contribution in [2.75, 3.05) is 13.1 Å². The van der Waals surface area contributed by atoms with Crippen LogP contribution in [0.2, 0.25) is 10.0 Å². The van der Waals surface area contributed by atoms with Crippen molar-refractivity contribution in [3.05, 3.63) is 73.2 Å². The lowest BCUT2D eigenvalue weighted by Gasteiger charge is -2.32. The minimum atomic E-state index is -0.699. The Balaban J connectivity index is 1.12. The molecule has 0 atom stereocenters. The van der Waals surface area contributed by atoms with Crippen LogP contribution in [0.15, 0.2) is 41.3 Å². The van der Waals surface area contributed by atoms with Gasteiger partial charge < -0.3 is 9.88 Å². The van der Waals surface area contributed by atoms with Crippen LogP contribution in [0, 0.1) is 5.82 Å². The molecule has 38 heavy (non-hydrogen) atoms. The lowest BCUT2D eigenvalue weighted by Crippen LogP contribution is -2.51. The van der Waals surface area contributed by atoms with Gasteiger partial charge in [0.15, 0.2) is 5.01 Å². The smallest absolute Gasteiger partial charge is 0.280 e. The predicted molar refractivity (Wildman–Crippen MR) is 146 cm³/mol. The third-order valence-corrected chi connectivity index (χ3v) is 8.45. The number of benzene rings is 2. The van der Waals surface area contributed by atoms with Crippen LogP contribution in [0.4, 0.5) is 4.39 Å². The SMILES string of the molecule is O=C(NC1CCN(NC(=O)c2cn(C3CC3)c3cc(Cl)c(F)cc3c2=O)CC1)c1nc2cc(Cl)ccc2s1. The summed E-state index contributed by atoms with van der Waals surface area (Å²) in [5.74, 6) is -1.49. The van der Waals surface area contributed by atoms with E-state index in [0.717, 1.165) is 23.6 Å². The Morgan fingerprint density at radius 2 is 1.82 bits per heavy atom. The van der Waals surface area contributed by atoms with Crippen LogP contribution >= 0.6 is 34.5 Å². The van der Waals surface area contributed by atoms with Crippen LogP contribution in [0.3, 0.4) is 0 Å². The number of piperidine rings is 1. The van der Waals surface area contributed by atoms with E-state index in [1.54, 1.807) is 23.3 Å². The number of hydrogen-bond donors (Lipinski definition) is 2. The zero-order chi connectivity index (χ0) is 26.6. The van der Waals surface area contributed by atoms with Gasteiger partial charge in [0.2, 0.25) is 5.43 Å². The van der Waals surface area contributed by atoms with Gasteiger partial charge in [-0.2, -0.15) is 0 Å². The van der Waals surface area contributed by atoms with Crippen LogP contribution in [0.25, 0.3) is 21.1 Å². The Bertz CT molecular complexity index is 1660. The fraction of sp³-hybridized carbons (Fsp3) is 0.308. The van der Waals surface area contributed by atoms with Gasteiger partial charge in [-0.1, -0.05) is 23.2 Å². The van der Waals surface area contributed by atoms with E-state index in [2.05, 4.69) is 15.7 Å². The molecule has 6 rings (SSSR count). The number of hydrogen-bond acceptors (Lipinski definition) is 6. The maximum atomic E-state index is 14.2. The average molecular weight is 574 g/mol. The molecule has 1 saturated carbocycles. The van der Waals surface area contributed by atoms with Crippen LogP contribution < -0.4 is 16.2 Å². The number of carbonyl (C=O) groups excluding carboxylic acids is 2. The van der Waals surface area contributed by atoms with Crippen molar-refractivity contribution in [2.45, 2.75) is 37.8 Å². The zero-order valence-corrected chi connectivity index (χ0v) is 22.3. The van der Waals surface area contributed by atoms with Crippen LogP contribution in [0.5, 0.6) is 0 Å². The van der Waals surface area contributed by atoms with Gasteiger partial charge >= 0.3 is 0 Å². The molecule has 2 amide bonds. The minimum absolute atomic E-state index is 0.0440. The molecule has 196 valence electrons. The van der Waals surface area contributed by atoms with E-state index in [4.69, 9.17) is 23.2 Å². The van der Waals surface area contributed by atoms with Gasteiger partial charge in [0.05, 0.1) is 20.8 Å². The molecule has 0 unspecified atom stereocenters. The fourth-order valence-electron chi connectivity index (χ4n) is 4.75.